The van der Waals surface area contributed by atoms with Crippen LogP contribution in [-0.2, 0) is 5.54 Å². The molecule has 1 aliphatic carbocycles. The second-order valence-electron chi connectivity index (χ2n) is 6.46. The summed E-state index contributed by atoms with van der Waals surface area (Å²) in [6.45, 7) is 8.62. The van der Waals surface area contributed by atoms with Gasteiger partial charge in [0.1, 0.15) is 0 Å². The molecule has 0 amide bonds. The van der Waals surface area contributed by atoms with Crippen LogP contribution < -0.4 is 5.73 Å². The van der Waals surface area contributed by atoms with Crippen molar-refractivity contribution in [1.29, 1.82) is 0 Å². The second-order valence-corrected chi connectivity index (χ2v) is 6.46. The summed E-state index contributed by atoms with van der Waals surface area (Å²) < 4.78 is 5.27. The molecule has 2 N–H and O–H groups in total. The highest BCUT2D eigenvalue weighted by molar-refractivity contribution is 5.08. The fourth-order valence-corrected chi connectivity index (χ4v) is 2.78. The predicted molar refractivity (Wildman–Crippen MR) is 66.5 cm³/mol. The number of nitrogens with zero attached hydrogens (tertiary/aromatic N) is 2. The van der Waals surface area contributed by atoms with Gasteiger partial charge < -0.3 is 10.3 Å². The molecule has 0 aromatic carbocycles. The molecule has 4 nitrogen and oxygen atoms in total. The van der Waals surface area contributed by atoms with Crippen molar-refractivity contribution in [3.63, 3.8) is 0 Å². The first kappa shape index (κ1) is 12.6. The summed E-state index contributed by atoms with van der Waals surface area (Å²) in [5, 5.41) is 4.09. The Kier molecular flexibility index (Phi) is 3.02. The lowest BCUT2D eigenvalue weighted by Crippen LogP contribution is -2.45. The van der Waals surface area contributed by atoms with Gasteiger partial charge in [-0.25, -0.2) is 0 Å². The van der Waals surface area contributed by atoms with E-state index >= 15 is 0 Å². The van der Waals surface area contributed by atoms with E-state index in [1.165, 1.54) is 6.42 Å². The zero-order chi connectivity index (χ0) is 12.7. The minimum Gasteiger partial charge on any atom is -0.339 e. The summed E-state index contributed by atoms with van der Waals surface area (Å²) in [6.07, 6.45) is 4.24. The van der Waals surface area contributed by atoms with Crippen LogP contribution >= 0.6 is 0 Å². The molecule has 17 heavy (non-hydrogen) atoms. The van der Waals surface area contributed by atoms with Crippen molar-refractivity contribution in [3.05, 3.63) is 11.7 Å². The molecule has 0 aliphatic heterocycles. The van der Waals surface area contributed by atoms with Crippen LogP contribution in [0.2, 0.25) is 0 Å². The van der Waals surface area contributed by atoms with E-state index in [1.807, 2.05) is 13.8 Å². The monoisotopic (exact) mass is 237 g/mol. The summed E-state index contributed by atoms with van der Waals surface area (Å²) >= 11 is 0. The van der Waals surface area contributed by atoms with Crippen molar-refractivity contribution in [2.24, 2.45) is 11.1 Å². The zero-order valence-corrected chi connectivity index (χ0v) is 11.3. The third kappa shape index (κ3) is 2.51. The lowest BCUT2D eigenvalue weighted by atomic mass is 9.68. The van der Waals surface area contributed by atoms with Gasteiger partial charge in [0.15, 0.2) is 5.82 Å². The molecule has 0 saturated heterocycles. The van der Waals surface area contributed by atoms with E-state index < -0.39 is 5.54 Å². The highest BCUT2D eigenvalue weighted by Gasteiger charge is 2.41. The van der Waals surface area contributed by atoms with Gasteiger partial charge in [0, 0.05) is 5.92 Å². The minimum absolute atomic E-state index is 0.261. The van der Waals surface area contributed by atoms with Gasteiger partial charge in [0.05, 0.1) is 5.54 Å². The molecule has 4 heteroatoms. The molecule has 0 spiro atoms. The number of hydrogen-bond acceptors (Lipinski definition) is 4. The van der Waals surface area contributed by atoms with Crippen molar-refractivity contribution in [2.45, 2.75) is 64.8 Å². The molecule has 1 atom stereocenters. The normalized spacial score (nSPS) is 28.6. The molecule has 0 bridgehead atoms. The average Bonchev–Trinajstić information content (AvgIpc) is 2.64. The van der Waals surface area contributed by atoms with E-state index in [9.17, 15) is 0 Å². The van der Waals surface area contributed by atoms with Crippen LogP contribution in [0.4, 0.5) is 0 Å². The van der Waals surface area contributed by atoms with Crippen LogP contribution in [0.1, 0.15) is 71.0 Å². The summed E-state index contributed by atoms with van der Waals surface area (Å²) in [4.78, 5) is 4.47. The molecule has 1 heterocycles. The Morgan fingerprint density at radius 3 is 2.53 bits per heavy atom. The Labute approximate surface area is 103 Å². The largest absolute Gasteiger partial charge is 0.339 e. The molecule has 1 aromatic heterocycles. The molecule has 1 aromatic rings. The van der Waals surface area contributed by atoms with Crippen molar-refractivity contribution < 1.29 is 4.52 Å². The molecule has 1 aliphatic rings. The summed E-state index contributed by atoms with van der Waals surface area (Å²) in [6, 6.07) is 0. The van der Waals surface area contributed by atoms with Gasteiger partial charge in [-0.2, -0.15) is 4.98 Å². The minimum atomic E-state index is -0.404. The molecular formula is C13H23N3O. The molecular weight excluding hydrogens is 214 g/mol. The Balaban J connectivity index is 2.24. The van der Waals surface area contributed by atoms with Gasteiger partial charge in [-0.1, -0.05) is 39.3 Å². The van der Waals surface area contributed by atoms with Crippen molar-refractivity contribution in [2.75, 3.05) is 0 Å². The quantitative estimate of drug-likeness (QED) is 0.858. The lowest BCUT2D eigenvalue weighted by molar-refractivity contribution is 0.142. The molecule has 2 rings (SSSR count). The van der Waals surface area contributed by atoms with E-state index in [1.54, 1.807) is 0 Å². The third-order valence-corrected chi connectivity index (χ3v) is 3.65. The van der Waals surface area contributed by atoms with Gasteiger partial charge in [0.2, 0.25) is 5.89 Å². The summed E-state index contributed by atoms with van der Waals surface area (Å²) in [7, 11) is 0. The van der Waals surface area contributed by atoms with Crippen LogP contribution in [0, 0.1) is 5.41 Å². The zero-order valence-electron chi connectivity index (χ0n) is 11.3. The topological polar surface area (TPSA) is 64.9 Å². The maximum atomic E-state index is 6.48. The fraction of sp³-hybridized carbons (Fsp3) is 0.846. The Bertz CT molecular complexity index is 397. The predicted octanol–water partition coefficient (Wildman–Crippen LogP) is 2.95. The van der Waals surface area contributed by atoms with Crippen molar-refractivity contribution in [3.8, 4) is 0 Å². The van der Waals surface area contributed by atoms with Gasteiger partial charge >= 0.3 is 0 Å². The van der Waals surface area contributed by atoms with Gasteiger partial charge in [-0.15, -0.1) is 0 Å². The molecule has 1 unspecified atom stereocenters. The number of aromatic nitrogens is 2. The van der Waals surface area contributed by atoms with Crippen LogP contribution in [0.25, 0.3) is 0 Å². The van der Waals surface area contributed by atoms with E-state index in [4.69, 9.17) is 10.3 Å². The smallest absolute Gasteiger partial charge is 0.229 e. The van der Waals surface area contributed by atoms with E-state index in [0.717, 1.165) is 19.3 Å². The fourth-order valence-electron chi connectivity index (χ4n) is 2.78. The Hall–Kier alpha value is -0.900. The van der Waals surface area contributed by atoms with Crippen LogP contribution in [0.5, 0.6) is 0 Å². The third-order valence-electron chi connectivity index (χ3n) is 3.65. The lowest BCUT2D eigenvalue weighted by Gasteiger charge is -2.40. The SMILES string of the molecule is CC(C)c1nc(C2(N)CCCC(C)(C)C2)no1. The first-order valence-electron chi connectivity index (χ1n) is 6.45. The number of nitrogens with two attached hydrogens (primary N) is 1. The number of rotatable bonds is 2. The first-order valence-corrected chi connectivity index (χ1v) is 6.45. The molecule has 1 saturated carbocycles. The maximum absolute atomic E-state index is 6.48. The Morgan fingerprint density at radius 2 is 2.00 bits per heavy atom. The van der Waals surface area contributed by atoms with Gasteiger partial charge in [-0.05, 0) is 24.7 Å². The molecule has 96 valence electrons. The molecule has 1 fully saturated rings. The van der Waals surface area contributed by atoms with Crippen LogP contribution in [0.15, 0.2) is 4.52 Å². The van der Waals surface area contributed by atoms with Gasteiger partial charge in [-0.3, -0.25) is 0 Å². The van der Waals surface area contributed by atoms with Crippen LogP contribution in [-0.4, -0.2) is 10.1 Å². The van der Waals surface area contributed by atoms with Crippen molar-refractivity contribution >= 4 is 0 Å². The summed E-state index contributed by atoms with van der Waals surface area (Å²) in [5.41, 5.74) is 6.35. The molecule has 0 radical (unpaired) electrons. The van der Waals surface area contributed by atoms with Crippen LogP contribution in [0.3, 0.4) is 0 Å². The van der Waals surface area contributed by atoms with Gasteiger partial charge in [0.25, 0.3) is 0 Å². The highest BCUT2D eigenvalue weighted by atomic mass is 16.5. The van der Waals surface area contributed by atoms with E-state index in [-0.39, 0.29) is 11.3 Å². The number of hydrogen-bond donors (Lipinski definition) is 1. The first-order chi connectivity index (χ1) is 7.82. The van der Waals surface area contributed by atoms with E-state index in [0.29, 0.717) is 11.7 Å². The van der Waals surface area contributed by atoms with E-state index in [2.05, 4.69) is 24.0 Å². The summed E-state index contributed by atoms with van der Waals surface area (Å²) in [5.74, 6) is 1.64. The highest BCUT2D eigenvalue weighted by Crippen LogP contribution is 2.43. The Morgan fingerprint density at radius 1 is 1.29 bits per heavy atom. The van der Waals surface area contributed by atoms with Crippen molar-refractivity contribution in [1.82, 2.24) is 10.1 Å². The maximum Gasteiger partial charge on any atom is 0.229 e. The standard InChI is InChI=1S/C13H23N3O/c1-9(2)10-15-11(16-17-10)13(14)7-5-6-12(3,4)8-13/h9H,5-8,14H2,1-4H3. The average molecular weight is 237 g/mol. The second kappa shape index (κ2) is 4.09.